The molecule has 1 heterocycles. The van der Waals surface area contributed by atoms with Gasteiger partial charge < -0.3 is 20.5 Å². The van der Waals surface area contributed by atoms with Gasteiger partial charge in [0, 0.05) is 19.1 Å². The van der Waals surface area contributed by atoms with Gasteiger partial charge in [0.25, 0.3) is 0 Å². The van der Waals surface area contributed by atoms with Crippen LogP contribution >= 0.6 is 0 Å². The lowest BCUT2D eigenvalue weighted by atomic mass is 9.95. The molecular formula is C12H22N2O4. The molecule has 1 rings (SSSR count). The minimum Gasteiger partial charge on any atom is -0.481 e. The molecule has 0 spiro atoms. The maximum Gasteiger partial charge on any atom is 0.315 e. The number of amides is 2. The maximum absolute atomic E-state index is 11.8. The Balaban J connectivity index is 2.35. The molecule has 0 aromatic rings. The van der Waals surface area contributed by atoms with Crippen LogP contribution in [-0.4, -0.2) is 41.4 Å². The molecule has 6 nitrogen and oxygen atoms in total. The third-order valence-corrected chi connectivity index (χ3v) is 3.45. The minimum absolute atomic E-state index is 0.0161. The number of rotatable bonds is 5. The Morgan fingerprint density at radius 2 is 2.22 bits per heavy atom. The largest absolute Gasteiger partial charge is 0.481 e. The third-order valence-electron chi connectivity index (χ3n) is 3.45. The van der Waals surface area contributed by atoms with Gasteiger partial charge in [0.2, 0.25) is 0 Å². The third kappa shape index (κ3) is 4.18. The Bertz CT molecular complexity index is 321. The van der Waals surface area contributed by atoms with Crippen molar-refractivity contribution >= 4 is 12.0 Å². The van der Waals surface area contributed by atoms with E-state index in [1.807, 2.05) is 13.8 Å². The van der Waals surface area contributed by atoms with Crippen LogP contribution in [0.1, 0.15) is 40.0 Å². The molecule has 0 aromatic heterocycles. The molecule has 0 radical (unpaired) electrons. The quantitative estimate of drug-likeness (QED) is 0.689. The van der Waals surface area contributed by atoms with Crippen LogP contribution in [-0.2, 0) is 9.53 Å². The lowest BCUT2D eigenvalue weighted by Gasteiger charge is -2.29. The molecule has 0 aromatic carbocycles. The second-order valence-corrected chi connectivity index (χ2v) is 5.11. The number of ether oxygens (including phenoxy) is 1. The highest BCUT2D eigenvalue weighted by Gasteiger charge is 2.38. The van der Waals surface area contributed by atoms with E-state index in [2.05, 4.69) is 10.6 Å². The highest BCUT2D eigenvalue weighted by molar-refractivity contribution is 5.75. The monoisotopic (exact) mass is 258 g/mol. The Labute approximate surface area is 107 Å². The van der Waals surface area contributed by atoms with Crippen molar-refractivity contribution < 1.29 is 19.4 Å². The van der Waals surface area contributed by atoms with Crippen molar-refractivity contribution in [2.45, 2.75) is 57.7 Å². The molecule has 104 valence electrons. The zero-order valence-corrected chi connectivity index (χ0v) is 11.2. The van der Waals surface area contributed by atoms with Gasteiger partial charge in [-0.05, 0) is 33.6 Å². The standard InChI is InChI=1S/C12H22N2O4/c1-8(4-5-10(15)16)13-11(17)14-12(3)6-7-18-9(12)2/h8-9H,4-7H2,1-3H3,(H,15,16)(H2,13,14,17). The van der Waals surface area contributed by atoms with E-state index in [0.29, 0.717) is 13.0 Å². The first-order valence-corrected chi connectivity index (χ1v) is 6.25. The molecule has 6 heteroatoms. The second-order valence-electron chi connectivity index (χ2n) is 5.11. The lowest BCUT2D eigenvalue weighted by Crippen LogP contribution is -2.55. The van der Waals surface area contributed by atoms with Gasteiger partial charge in [0.05, 0.1) is 11.6 Å². The molecule has 1 fully saturated rings. The molecule has 1 aliphatic rings. The molecule has 0 saturated carbocycles. The molecule has 0 bridgehead atoms. The van der Waals surface area contributed by atoms with Crippen molar-refractivity contribution in [3.63, 3.8) is 0 Å². The fourth-order valence-electron chi connectivity index (χ4n) is 1.93. The number of carboxylic acids is 1. The predicted molar refractivity (Wildman–Crippen MR) is 66.4 cm³/mol. The van der Waals surface area contributed by atoms with E-state index in [1.165, 1.54) is 0 Å². The van der Waals surface area contributed by atoms with Crippen molar-refractivity contribution in [2.24, 2.45) is 0 Å². The maximum atomic E-state index is 11.8. The fourth-order valence-corrected chi connectivity index (χ4v) is 1.93. The average molecular weight is 258 g/mol. The lowest BCUT2D eigenvalue weighted by molar-refractivity contribution is -0.137. The number of urea groups is 1. The van der Waals surface area contributed by atoms with Crippen LogP contribution in [0.3, 0.4) is 0 Å². The Hall–Kier alpha value is -1.30. The topological polar surface area (TPSA) is 87.7 Å². The summed E-state index contributed by atoms with van der Waals surface area (Å²) in [5.74, 6) is -0.853. The van der Waals surface area contributed by atoms with Gasteiger partial charge >= 0.3 is 12.0 Å². The van der Waals surface area contributed by atoms with Crippen molar-refractivity contribution in [2.75, 3.05) is 6.61 Å². The summed E-state index contributed by atoms with van der Waals surface area (Å²) in [4.78, 5) is 22.2. The van der Waals surface area contributed by atoms with Gasteiger partial charge in [0.15, 0.2) is 0 Å². The van der Waals surface area contributed by atoms with E-state index in [0.717, 1.165) is 6.42 Å². The smallest absolute Gasteiger partial charge is 0.315 e. The van der Waals surface area contributed by atoms with Gasteiger partial charge in [0.1, 0.15) is 0 Å². The first-order valence-electron chi connectivity index (χ1n) is 6.25. The van der Waals surface area contributed by atoms with Gasteiger partial charge in [-0.25, -0.2) is 4.79 Å². The zero-order chi connectivity index (χ0) is 13.8. The number of hydrogen-bond donors (Lipinski definition) is 3. The van der Waals surface area contributed by atoms with Crippen molar-refractivity contribution in [1.29, 1.82) is 0 Å². The van der Waals surface area contributed by atoms with E-state index >= 15 is 0 Å². The summed E-state index contributed by atoms with van der Waals surface area (Å²) in [7, 11) is 0. The summed E-state index contributed by atoms with van der Waals surface area (Å²) in [5.41, 5.74) is -0.351. The van der Waals surface area contributed by atoms with Crippen molar-refractivity contribution in [1.82, 2.24) is 10.6 Å². The zero-order valence-electron chi connectivity index (χ0n) is 11.2. The average Bonchev–Trinajstić information content (AvgIpc) is 2.55. The first-order chi connectivity index (χ1) is 8.33. The molecular weight excluding hydrogens is 236 g/mol. The second kappa shape index (κ2) is 6.04. The summed E-state index contributed by atoms with van der Waals surface area (Å²) in [6.07, 6.45) is 1.24. The Morgan fingerprint density at radius 3 is 2.72 bits per heavy atom. The number of nitrogens with one attached hydrogen (secondary N) is 2. The van der Waals surface area contributed by atoms with Crippen LogP contribution in [0.2, 0.25) is 0 Å². The first kappa shape index (κ1) is 14.8. The van der Waals surface area contributed by atoms with E-state index in [4.69, 9.17) is 9.84 Å². The summed E-state index contributed by atoms with van der Waals surface area (Å²) in [6, 6.07) is -0.435. The van der Waals surface area contributed by atoms with Crippen molar-refractivity contribution in [3.8, 4) is 0 Å². The normalized spacial score (nSPS) is 28.7. The molecule has 1 saturated heterocycles. The van der Waals surface area contributed by atoms with E-state index < -0.39 is 5.97 Å². The summed E-state index contributed by atoms with van der Waals surface area (Å²) < 4.78 is 5.43. The van der Waals surface area contributed by atoms with E-state index in [-0.39, 0.29) is 30.1 Å². The Morgan fingerprint density at radius 1 is 1.56 bits per heavy atom. The summed E-state index contributed by atoms with van der Waals surface area (Å²) in [6.45, 7) is 6.32. The van der Waals surface area contributed by atoms with Gasteiger partial charge in [-0.1, -0.05) is 0 Å². The number of carbonyl (C=O) groups excluding carboxylic acids is 1. The molecule has 2 amide bonds. The molecule has 3 unspecified atom stereocenters. The molecule has 3 N–H and O–H groups in total. The van der Waals surface area contributed by atoms with Gasteiger partial charge in [-0.3, -0.25) is 4.79 Å². The molecule has 0 aliphatic carbocycles. The summed E-state index contributed by atoms with van der Waals surface area (Å²) in [5, 5.41) is 14.2. The number of carbonyl (C=O) groups is 2. The van der Waals surface area contributed by atoms with Crippen LogP contribution < -0.4 is 10.6 Å². The van der Waals surface area contributed by atoms with Crippen LogP contribution in [0.4, 0.5) is 4.79 Å². The van der Waals surface area contributed by atoms with Gasteiger partial charge in [-0.2, -0.15) is 0 Å². The van der Waals surface area contributed by atoms with E-state index in [1.54, 1.807) is 6.92 Å². The van der Waals surface area contributed by atoms with Crippen LogP contribution in [0, 0.1) is 0 Å². The van der Waals surface area contributed by atoms with E-state index in [9.17, 15) is 9.59 Å². The van der Waals surface area contributed by atoms with Gasteiger partial charge in [-0.15, -0.1) is 0 Å². The number of hydrogen-bond acceptors (Lipinski definition) is 3. The predicted octanol–water partition coefficient (Wildman–Crippen LogP) is 1.11. The Kier molecular flexibility index (Phi) is 4.95. The van der Waals surface area contributed by atoms with Crippen LogP contribution in [0.15, 0.2) is 0 Å². The SMILES string of the molecule is CC(CCC(=O)O)NC(=O)NC1(C)CCOC1C. The minimum atomic E-state index is -0.853. The number of carboxylic acid groups (broad SMARTS) is 1. The summed E-state index contributed by atoms with van der Waals surface area (Å²) >= 11 is 0. The van der Waals surface area contributed by atoms with Crippen LogP contribution in [0.25, 0.3) is 0 Å². The van der Waals surface area contributed by atoms with Crippen LogP contribution in [0.5, 0.6) is 0 Å². The highest BCUT2D eigenvalue weighted by atomic mass is 16.5. The molecule has 18 heavy (non-hydrogen) atoms. The van der Waals surface area contributed by atoms with Crippen molar-refractivity contribution in [3.05, 3.63) is 0 Å². The highest BCUT2D eigenvalue weighted by Crippen LogP contribution is 2.24. The fraction of sp³-hybridized carbons (Fsp3) is 0.833. The molecule has 1 aliphatic heterocycles. The molecule has 3 atom stereocenters. The number of aliphatic carboxylic acids is 1.